The Labute approximate surface area is 192 Å². The first kappa shape index (κ1) is 21.8. The van der Waals surface area contributed by atoms with Crippen LogP contribution >= 0.6 is 0 Å². The first-order chi connectivity index (χ1) is 15.5. The van der Waals surface area contributed by atoms with Crippen LogP contribution in [0.2, 0.25) is 0 Å². The van der Waals surface area contributed by atoms with Crippen molar-refractivity contribution in [2.45, 2.75) is 33.0 Å². The zero-order valence-electron chi connectivity index (χ0n) is 19.1. The molecular weight excluding hydrogens is 388 g/mol. The summed E-state index contributed by atoms with van der Waals surface area (Å²) >= 11 is 0. The van der Waals surface area contributed by atoms with E-state index in [-0.39, 0.29) is 5.60 Å². The summed E-state index contributed by atoms with van der Waals surface area (Å²) in [5.74, 6) is 0. The van der Waals surface area contributed by atoms with E-state index in [1.807, 2.05) is 6.07 Å². The van der Waals surface area contributed by atoms with Crippen LogP contribution < -0.4 is 0 Å². The predicted molar refractivity (Wildman–Crippen MR) is 137 cm³/mol. The molecule has 0 fully saturated rings. The quantitative estimate of drug-likeness (QED) is 0.285. The fraction of sp³-hybridized carbons (Fsp3) is 0.161. The third kappa shape index (κ3) is 6.06. The Morgan fingerprint density at radius 3 is 1.69 bits per heavy atom. The average molecular weight is 419 g/mol. The lowest BCUT2D eigenvalue weighted by Gasteiger charge is -2.19. The molecule has 0 saturated heterocycles. The van der Waals surface area contributed by atoms with Gasteiger partial charge in [0.05, 0.1) is 12.2 Å². The topological polar surface area (TPSA) is 9.23 Å². The van der Waals surface area contributed by atoms with Crippen molar-refractivity contribution in [1.29, 1.82) is 0 Å². The highest BCUT2D eigenvalue weighted by molar-refractivity contribution is 5.74. The van der Waals surface area contributed by atoms with Crippen molar-refractivity contribution in [2.24, 2.45) is 0 Å². The van der Waals surface area contributed by atoms with Gasteiger partial charge in [-0.1, -0.05) is 109 Å². The van der Waals surface area contributed by atoms with Gasteiger partial charge < -0.3 is 4.74 Å². The van der Waals surface area contributed by atoms with E-state index in [1.54, 1.807) is 0 Å². The Bertz CT molecular complexity index is 1160. The summed E-state index contributed by atoms with van der Waals surface area (Å²) in [5, 5.41) is 0. The van der Waals surface area contributed by atoms with E-state index in [2.05, 4.69) is 130 Å². The Kier molecular flexibility index (Phi) is 6.68. The van der Waals surface area contributed by atoms with Crippen molar-refractivity contribution in [3.8, 4) is 22.3 Å². The van der Waals surface area contributed by atoms with Crippen LogP contribution in [-0.2, 0) is 11.3 Å². The minimum atomic E-state index is -0.130. The molecule has 4 rings (SSSR count). The van der Waals surface area contributed by atoms with E-state index in [1.165, 1.54) is 38.9 Å². The summed E-state index contributed by atoms with van der Waals surface area (Å²) in [6.45, 7) is 6.87. The zero-order chi connectivity index (χ0) is 22.4. The normalized spacial score (nSPS) is 11.7. The first-order valence-electron chi connectivity index (χ1n) is 11.1. The van der Waals surface area contributed by atoms with Gasteiger partial charge >= 0.3 is 0 Å². The van der Waals surface area contributed by atoms with Gasteiger partial charge in [0.15, 0.2) is 0 Å². The van der Waals surface area contributed by atoms with Gasteiger partial charge in [-0.3, -0.25) is 0 Å². The van der Waals surface area contributed by atoms with E-state index in [9.17, 15) is 0 Å². The van der Waals surface area contributed by atoms with Crippen molar-refractivity contribution < 1.29 is 4.74 Å². The van der Waals surface area contributed by atoms with Crippen molar-refractivity contribution in [1.82, 2.24) is 0 Å². The summed E-state index contributed by atoms with van der Waals surface area (Å²) in [6, 6.07) is 36.5. The fourth-order valence-electron chi connectivity index (χ4n) is 3.55. The molecular formula is C31H30O. The molecule has 0 amide bonds. The molecule has 0 unspecified atom stereocenters. The third-order valence-electron chi connectivity index (χ3n) is 5.33. The molecule has 4 aromatic carbocycles. The second-order valence-electron chi connectivity index (χ2n) is 9.04. The Hall–Kier alpha value is -3.42. The maximum atomic E-state index is 5.90. The van der Waals surface area contributed by atoms with E-state index in [0.717, 1.165) is 0 Å². The molecule has 0 aliphatic rings. The van der Waals surface area contributed by atoms with Gasteiger partial charge in [0.1, 0.15) is 0 Å². The van der Waals surface area contributed by atoms with Crippen LogP contribution in [-0.4, -0.2) is 5.60 Å². The molecule has 0 radical (unpaired) electrons. The molecule has 0 N–H and O–H groups in total. The molecule has 0 saturated carbocycles. The smallest absolute Gasteiger partial charge is 0.0724 e. The fourth-order valence-corrected chi connectivity index (χ4v) is 3.55. The second kappa shape index (κ2) is 9.80. The highest BCUT2D eigenvalue weighted by Crippen LogP contribution is 2.25. The molecule has 0 heterocycles. The molecule has 0 aliphatic heterocycles. The van der Waals surface area contributed by atoms with Crippen LogP contribution in [0.3, 0.4) is 0 Å². The summed E-state index contributed by atoms with van der Waals surface area (Å²) in [7, 11) is 0. The van der Waals surface area contributed by atoms with Crippen molar-refractivity contribution in [3.05, 3.63) is 120 Å². The van der Waals surface area contributed by atoms with Gasteiger partial charge in [0.25, 0.3) is 0 Å². The molecule has 0 aliphatic carbocycles. The van der Waals surface area contributed by atoms with Gasteiger partial charge in [0, 0.05) is 0 Å². The monoisotopic (exact) mass is 418 g/mol. The van der Waals surface area contributed by atoms with Crippen LogP contribution in [0.4, 0.5) is 0 Å². The predicted octanol–water partition coefficient (Wildman–Crippen LogP) is 8.51. The lowest BCUT2D eigenvalue weighted by molar-refractivity contribution is -0.0149. The van der Waals surface area contributed by atoms with Gasteiger partial charge in [-0.2, -0.15) is 0 Å². The van der Waals surface area contributed by atoms with Gasteiger partial charge in [-0.15, -0.1) is 0 Å². The molecule has 1 heteroatoms. The summed E-state index contributed by atoms with van der Waals surface area (Å²) in [4.78, 5) is 0. The minimum absolute atomic E-state index is 0.130. The van der Waals surface area contributed by atoms with E-state index < -0.39 is 0 Å². The maximum absolute atomic E-state index is 5.90. The Balaban J connectivity index is 1.42. The number of hydrogen-bond acceptors (Lipinski definition) is 1. The molecule has 4 aromatic rings. The molecule has 160 valence electrons. The molecule has 0 bridgehead atoms. The van der Waals surface area contributed by atoms with E-state index in [0.29, 0.717) is 6.61 Å². The third-order valence-corrected chi connectivity index (χ3v) is 5.33. The Morgan fingerprint density at radius 2 is 1.09 bits per heavy atom. The summed E-state index contributed by atoms with van der Waals surface area (Å²) < 4.78 is 5.90. The first-order valence-corrected chi connectivity index (χ1v) is 11.1. The van der Waals surface area contributed by atoms with Crippen LogP contribution in [0.15, 0.2) is 103 Å². The highest BCUT2D eigenvalue weighted by atomic mass is 16.5. The lowest BCUT2D eigenvalue weighted by atomic mass is 9.99. The zero-order valence-corrected chi connectivity index (χ0v) is 19.1. The van der Waals surface area contributed by atoms with Crippen molar-refractivity contribution in [2.75, 3.05) is 0 Å². The lowest BCUT2D eigenvalue weighted by Crippen LogP contribution is -2.18. The van der Waals surface area contributed by atoms with Crippen LogP contribution in [0, 0.1) is 0 Å². The molecule has 1 nitrogen and oxygen atoms in total. The summed E-state index contributed by atoms with van der Waals surface area (Å²) in [6.07, 6.45) is 4.32. The van der Waals surface area contributed by atoms with E-state index in [4.69, 9.17) is 4.74 Å². The molecule has 32 heavy (non-hydrogen) atoms. The number of rotatable bonds is 6. The maximum Gasteiger partial charge on any atom is 0.0724 e. The van der Waals surface area contributed by atoms with Crippen LogP contribution in [0.1, 0.15) is 37.5 Å². The van der Waals surface area contributed by atoms with Crippen molar-refractivity contribution in [3.63, 3.8) is 0 Å². The van der Waals surface area contributed by atoms with Gasteiger partial charge in [-0.05, 0) is 65.8 Å². The molecule has 0 atom stereocenters. The van der Waals surface area contributed by atoms with Crippen LogP contribution in [0.5, 0.6) is 0 Å². The van der Waals surface area contributed by atoms with E-state index >= 15 is 0 Å². The van der Waals surface area contributed by atoms with Crippen LogP contribution in [0.25, 0.3) is 34.4 Å². The SMILES string of the molecule is CC(C)(C)OCc1cccc(/C=C/c2ccc(-c3ccc(-c4ccccc4)cc3)cc2)c1. The summed E-state index contributed by atoms with van der Waals surface area (Å²) in [5.41, 5.74) is 8.37. The number of ether oxygens (including phenoxy) is 1. The van der Waals surface area contributed by atoms with Gasteiger partial charge in [-0.25, -0.2) is 0 Å². The average Bonchev–Trinajstić information content (AvgIpc) is 2.82. The van der Waals surface area contributed by atoms with Gasteiger partial charge in [0.2, 0.25) is 0 Å². The van der Waals surface area contributed by atoms with Crippen molar-refractivity contribution >= 4 is 12.2 Å². The number of benzene rings is 4. The second-order valence-corrected chi connectivity index (χ2v) is 9.04. The highest BCUT2D eigenvalue weighted by Gasteiger charge is 2.09. The largest absolute Gasteiger partial charge is 0.371 e. The minimum Gasteiger partial charge on any atom is -0.371 e. The molecule has 0 aromatic heterocycles. The standard InChI is InChI=1S/C31H30O/c1-31(2,3)32-23-26-9-7-8-25(22-26)13-12-24-14-16-28(17-15-24)30-20-18-29(19-21-30)27-10-5-4-6-11-27/h4-22H,23H2,1-3H3/b13-12+. The Morgan fingerprint density at radius 1 is 0.562 bits per heavy atom. The molecule has 0 spiro atoms. The number of hydrogen-bond donors (Lipinski definition) is 0.